The van der Waals surface area contributed by atoms with Crippen molar-refractivity contribution in [2.75, 3.05) is 0 Å². The van der Waals surface area contributed by atoms with Crippen LogP contribution in [0.15, 0.2) is 60.7 Å². The Bertz CT molecular complexity index is 965. The predicted molar refractivity (Wildman–Crippen MR) is 101 cm³/mol. The van der Waals surface area contributed by atoms with Gasteiger partial charge in [0.2, 0.25) is 4.79 Å². The van der Waals surface area contributed by atoms with Crippen molar-refractivity contribution in [3.05, 3.63) is 82.9 Å². The highest BCUT2D eigenvalue weighted by Crippen LogP contribution is 2.54. The van der Waals surface area contributed by atoms with E-state index >= 15 is 0 Å². The van der Waals surface area contributed by atoms with Crippen LogP contribution in [0.2, 0.25) is 0 Å². The van der Waals surface area contributed by atoms with Crippen LogP contribution in [0.25, 0.3) is 0 Å². The Hall–Kier alpha value is -2.76. The number of carbonyl (C=O) groups is 2. The summed E-state index contributed by atoms with van der Waals surface area (Å²) in [6.45, 7) is 0. The molecule has 0 bridgehead atoms. The molecule has 0 aliphatic heterocycles. The molecule has 3 aliphatic rings. The molecule has 1 fully saturated rings. The van der Waals surface area contributed by atoms with E-state index in [1.807, 2.05) is 24.3 Å². The minimum atomic E-state index is -0.586. The highest BCUT2D eigenvalue weighted by Gasteiger charge is 2.60. The minimum absolute atomic E-state index is 0.111. The maximum absolute atomic E-state index is 12.6. The second-order valence-electron chi connectivity index (χ2n) is 7.91. The molecule has 5 rings (SSSR count). The molecule has 3 aliphatic carbocycles. The first-order valence-corrected chi connectivity index (χ1v) is 9.74. The molecule has 0 spiro atoms. The van der Waals surface area contributed by atoms with Crippen LogP contribution in [0.4, 0.5) is 0 Å². The van der Waals surface area contributed by atoms with E-state index in [1.165, 1.54) is 5.48 Å². The number of nitrogens with two attached hydrogens (primary N) is 1. The summed E-state index contributed by atoms with van der Waals surface area (Å²) in [4.78, 5) is 30.3. The van der Waals surface area contributed by atoms with Crippen molar-refractivity contribution >= 4 is 11.8 Å². The molecule has 5 heteroatoms. The molecule has 0 heterocycles. The lowest BCUT2D eigenvalue weighted by atomic mass is 10.0. The van der Waals surface area contributed by atoms with Gasteiger partial charge in [0, 0.05) is 12.0 Å². The first-order valence-electron chi connectivity index (χ1n) is 9.74. The van der Waals surface area contributed by atoms with Gasteiger partial charge < -0.3 is 5.11 Å². The molecule has 3 N–H and O–H groups in total. The third kappa shape index (κ3) is 2.87. The van der Waals surface area contributed by atoms with Crippen molar-refractivity contribution in [3.8, 4) is 0 Å². The van der Waals surface area contributed by atoms with Gasteiger partial charge in [-0.3, -0.25) is 4.84 Å². The zero-order valence-electron chi connectivity index (χ0n) is 15.3. The first-order chi connectivity index (χ1) is 13.6. The summed E-state index contributed by atoms with van der Waals surface area (Å²) >= 11 is 0. The van der Waals surface area contributed by atoms with Crippen molar-refractivity contribution in [2.24, 2.45) is 17.8 Å². The number of fused-ring (bicyclic) bond motifs is 2. The van der Waals surface area contributed by atoms with Gasteiger partial charge in [-0.1, -0.05) is 36.4 Å². The van der Waals surface area contributed by atoms with E-state index in [4.69, 9.17) is 4.84 Å². The molecule has 0 saturated heterocycles. The maximum Gasteiger partial charge on any atom is 0.478 e. The Morgan fingerprint density at radius 2 is 1.86 bits per heavy atom. The van der Waals surface area contributed by atoms with Gasteiger partial charge in [-0.15, -0.1) is 5.48 Å². The number of hydrogen-bond donors (Lipinski definition) is 2. The van der Waals surface area contributed by atoms with E-state index in [9.17, 15) is 14.7 Å². The van der Waals surface area contributed by atoms with Gasteiger partial charge in [0.15, 0.2) is 6.04 Å². The summed E-state index contributed by atoms with van der Waals surface area (Å²) in [5, 5.41) is 10.3. The fraction of sp³-hybridized carbons (Fsp3) is 0.304. The second kappa shape index (κ2) is 6.69. The summed E-state index contributed by atoms with van der Waals surface area (Å²) in [5.74, 6) is 0.679. The molecule has 2 aromatic rings. The molecule has 0 amide bonds. The number of hydroxylamine groups is 1. The van der Waals surface area contributed by atoms with Crippen LogP contribution in [0.5, 0.6) is 0 Å². The Labute approximate surface area is 163 Å². The molecule has 0 unspecified atom stereocenters. The molecule has 0 aromatic heterocycles. The highest BCUT2D eigenvalue weighted by atomic mass is 16.7. The normalized spacial score (nSPS) is 29.2. The molecule has 28 heavy (non-hydrogen) atoms. The molecular weight excluding hydrogens is 354 g/mol. The van der Waals surface area contributed by atoms with E-state index in [0.717, 1.165) is 17.5 Å². The van der Waals surface area contributed by atoms with Crippen LogP contribution in [-0.4, -0.2) is 23.0 Å². The summed E-state index contributed by atoms with van der Waals surface area (Å²) in [6.07, 6.45) is 5.26. The standard InChI is InChI=1S/C23H21NO4/c25-19-12-15-4-1-2-5-16(15)21(19)24-28-23(27)14-10-8-13(9-11-14)22(26)20-17-6-3-7-18(17)20/h1-6,8-11,17-21,24-25H,7,12H2/q+1/p+1/t17-,18+,19+,20-,21-/m1/s1. The predicted octanol–water partition coefficient (Wildman–Crippen LogP) is 1.98. The highest BCUT2D eigenvalue weighted by molar-refractivity contribution is 6.01. The number of aliphatic hydroxyl groups is 1. The van der Waals surface area contributed by atoms with Crippen molar-refractivity contribution in [3.63, 3.8) is 0 Å². The van der Waals surface area contributed by atoms with Gasteiger partial charge in [0.25, 0.3) is 0 Å². The zero-order chi connectivity index (χ0) is 19.3. The van der Waals surface area contributed by atoms with Gasteiger partial charge in [-0.05, 0) is 48.1 Å². The fourth-order valence-electron chi connectivity index (χ4n) is 4.66. The number of ketones is 1. The second-order valence-corrected chi connectivity index (χ2v) is 7.91. The zero-order valence-corrected chi connectivity index (χ0v) is 15.3. The Kier molecular flexibility index (Phi) is 4.14. The SMILES string of the molecule is O=C(O[NH2+][C@@H]1c2ccccc2C[C@@H]1O)c1ccc(C(=[O+])[C@@H]2[C@@H]3C=CC[C@@H]32)cc1. The van der Waals surface area contributed by atoms with Crippen molar-refractivity contribution in [1.82, 2.24) is 0 Å². The van der Waals surface area contributed by atoms with Crippen LogP contribution < -0.4 is 5.48 Å². The van der Waals surface area contributed by atoms with Crippen LogP contribution in [0.1, 0.15) is 44.3 Å². The monoisotopic (exact) mass is 376 g/mol. The number of allylic oxidation sites excluding steroid dienone is 2. The van der Waals surface area contributed by atoms with Gasteiger partial charge in [-0.2, -0.15) is 0 Å². The molecule has 141 valence electrons. The number of Topliss-reactive ketones (excluding diaryl/α,β-unsaturated/α-hetero) is 1. The quantitative estimate of drug-likeness (QED) is 0.362. The van der Waals surface area contributed by atoms with Crippen LogP contribution in [0, 0.1) is 17.8 Å². The molecule has 5 nitrogen and oxygen atoms in total. The van der Waals surface area contributed by atoms with Crippen LogP contribution >= 0.6 is 0 Å². The lowest BCUT2D eigenvalue weighted by Crippen LogP contribution is -2.86. The molecule has 5 atom stereocenters. The van der Waals surface area contributed by atoms with E-state index < -0.39 is 12.1 Å². The number of aliphatic hydroxyl groups excluding tert-OH is 1. The average molecular weight is 376 g/mol. The Balaban J connectivity index is 1.22. The van der Waals surface area contributed by atoms with E-state index in [1.54, 1.807) is 24.3 Å². The number of quaternary nitrogens is 1. The summed E-state index contributed by atoms with van der Waals surface area (Å²) in [5.41, 5.74) is 4.54. The van der Waals surface area contributed by atoms with Crippen molar-refractivity contribution in [1.29, 1.82) is 0 Å². The van der Waals surface area contributed by atoms with Gasteiger partial charge in [-0.25, -0.2) is 4.79 Å². The van der Waals surface area contributed by atoms with Gasteiger partial charge in [0.05, 0.1) is 17.0 Å². The lowest BCUT2D eigenvalue weighted by Gasteiger charge is -2.12. The van der Waals surface area contributed by atoms with Crippen LogP contribution in [0.3, 0.4) is 0 Å². The van der Waals surface area contributed by atoms with Gasteiger partial charge >= 0.3 is 11.8 Å². The largest absolute Gasteiger partial charge is 0.478 e. The number of benzene rings is 2. The van der Waals surface area contributed by atoms with E-state index in [-0.39, 0.29) is 17.7 Å². The molecule has 2 aromatic carbocycles. The smallest absolute Gasteiger partial charge is 0.386 e. The number of rotatable bonds is 5. The third-order valence-corrected chi connectivity index (χ3v) is 6.28. The van der Waals surface area contributed by atoms with Gasteiger partial charge in [0.1, 0.15) is 6.10 Å². The average Bonchev–Trinajstić information content (AvgIpc) is 3.04. The van der Waals surface area contributed by atoms with Crippen molar-refractivity contribution in [2.45, 2.75) is 25.0 Å². The summed E-state index contributed by atoms with van der Waals surface area (Å²) in [7, 11) is 0. The molecular formula is C23H22NO4+2. The topological polar surface area (TPSA) is 83.0 Å². The van der Waals surface area contributed by atoms with E-state index in [2.05, 4.69) is 12.2 Å². The molecule has 1 saturated carbocycles. The summed E-state index contributed by atoms with van der Waals surface area (Å²) < 4.78 is 0. The lowest BCUT2D eigenvalue weighted by molar-refractivity contribution is -0.903. The number of carbonyl (C=O) groups excluding carboxylic acids is 2. The van der Waals surface area contributed by atoms with Crippen LogP contribution in [-0.2, 0) is 11.3 Å². The Morgan fingerprint density at radius 3 is 2.61 bits per heavy atom. The summed E-state index contributed by atoms with van der Waals surface area (Å²) in [6, 6.07) is 14.1. The fourth-order valence-corrected chi connectivity index (χ4v) is 4.66. The first kappa shape index (κ1) is 17.3. The van der Waals surface area contributed by atoms with Crippen molar-refractivity contribution < 1.29 is 25.0 Å². The minimum Gasteiger partial charge on any atom is -0.386 e. The maximum atomic E-state index is 12.6. The molecule has 1 radical (unpaired) electrons. The number of hydrogen-bond acceptors (Lipinski definition) is 4. The van der Waals surface area contributed by atoms with E-state index in [0.29, 0.717) is 29.4 Å². The Morgan fingerprint density at radius 1 is 1.11 bits per heavy atom. The third-order valence-electron chi connectivity index (χ3n) is 6.28.